The van der Waals surface area contributed by atoms with Gasteiger partial charge in [0.1, 0.15) is 5.76 Å². The number of hydrogen-bond donors (Lipinski definition) is 1. The highest BCUT2D eigenvalue weighted by Crippen LogP contribution is 2.11. The molecule has 0 aliphatic heterocycles. The predicted octanol–water partition coefficient (Wildman–Crippen LogP) is 1.41. The maximum atomic E-state index is 10.8. The summed E-state index contributed by atoms with van der Waals surface area (Å²) >= 11 is 0. The first kappa shape index (κ1) is 9.38. The fourth-order valence-electron chi connectivity index (χ4n) is 1.02. The molecule has 13 heavy (non-hydrogen) atoms. The van der Waals surface area contributed by atoms with Gasteiger partial charge in [-0.2, -0.15) is 0 Å². The molecule has 0 aliphatic rings. The molecular weight excluding hydrogens is 170 g/mol. The third-order valence-corrected chi connectivity index (χ3v) is 1.70. The summed E-state index contributed by atoms with van der Waals surface area (Å²) < 4.78 is 6.38. The highest BCUT2D eigenvalue weighted by Gasteiger charge is 2.13. The van der Waals surface area contributed by atoms with Gasteiger partial charge >= 0.3 is 5.97 Å². The van der Waals surface area contributed by atoms with Gasteiger partial charge in [-0.15, -0.1) is 0 Å². The summed E-state index contributed by atoms with van der Waals surface area (Å²) in [5, 5.41) is 8.89. The van der Waals surface area contributed by atoms with E-state index in [9.17, 15) is 4.79 Å². The number of hydrogen-bond acceptors (Lipinski definition) is 2. The zero-order chi connectivity index (χ0) is 9.84. The Bertz CT molecular complexity index is 325. The Hall–Kier alpha value is -1.71. The van der Waals surface area contributed by atoms with E-state index in [1.165, 1.54) is 11.7 Å². The number of carbonyl (C=O) groups is 1. The van der Waals surface area contributed by atoms with Crippen LogP contribution in [0.5, 0.6) is 0 Å². The van der Waals surface area contributed by atoms with E-state index in [2.05, 4.69) is 0 Å². The number of aliphatic carboxylic acids is 1. The van der Waals surface area contributed by atoms with Crippen LogP contribution in [0.15, 0.2) is 30.3 Å². The van der Waals surface area contributed by atoms with Crippen LogP contribution in [0.1, 0.15) is 6.92 Å². The molecule has 0 spiro atoms. The number of carboxylic acid groups (broad SMARTS) is 1. The van der Waals surface area contributed by atoms with Crippen LogP contribution in [0.3, 0.4) is 0 Å². The van der Waals surface area contributed by atoms with Gasteiger partial charge in [0.15, 0.2) is 5.70 Å². The average molecular weight is 181 g/mol. The molecule has 0 amide bonds. The molecule has 0 radical (unpaired) electrons. The summed E-state index contributed by atoms with van der Waals surface area (Å²) in [6.07, 6.45) is 3.32. The first-order chi connectivity index (χ1) is 6.16. The molecule has 0 fully saturated rings. The predicted molar refractivity (Wildman–Crippen MR) is 48.0 cm³/mol. The van der Waals surface area contributed by atoms with Crippen LogP contribution >= 0.6 is 0 Å². The number of nitrogens with zero attached hydrogens (tertiary/aromatic N) is 1. The van der Waals surface area contributed by atoms with Crippen molar-refractivity contribution in [3.8, 4) is 0 Å². The van der Waals surface area contributed by atoms with Crippen molar-refractivity contribution < 1.29 is 14.6 Å². The number of methoxy groups -OCH3 is 1. The minimum absolute atomic E-state index is 0.132. The summed E-state index contributed by atoms with van der Waals surface area (Å²) in [6.45, 7) is 1.61. The van der Waals surface area contributed by atoms with Gasteiger partial charge in [0.05, 0.1) is 7.11 Å². The van der Waals surface area contributed by atoms with Gasteiger partial charge in [-0.1, -0.05) is 0 Å². The maximum Gasteiger partial charge on any atom is 0.356 e. The first-order valence-electron chi connectivity index (χ1n) is 3.78. The standard InChI is InChI=1S/C9H11NO3/c1-7(13-2)8(9(11)12)10-5-3-4-6-10/h3-6H,1-2H3,(H,11,12)/b8-7+. The molecule has 1 rings (SSSR count). The Kier molecular flexibility index (Phi) is 2.74. The molecule has 4 nitrogen and oxygen atoms in total. The molecule has 0 saturated carbocycles. The van der Waals surface area contributed by atoms with E-state index < -0.39 is 5.97 Å². The van der Waals surface area contributed by atoms with Crippen molar-refractivity contribution in [3.63, 3.8) is 0 Å². The molecule has 0 aromatic carbocycles. The number of rotatable bonds is 3. The topological polar surface area (TPSA) is 51.5 Å². The maximum absolute atomic E-state index is 10.8. The molecule has 0 saturated heterocycles. The lowest BCUT2D eigenvalue weighted by atomic mass is 10.3. The number of carboxylic acids is 1. The first-order valence-corrected chi connectivity index (χ1v) is 3.78. The molecule has 4 heteroatoms. The van der Waals surface area contributed by atoms with Gasteiger partial charge in [-0.25, -0.2) is 4.79 Å². The summed E-state index contributed by atoms with van der Waals surface area (Å²) in [4.78, 5) is 10.8. The van der Waals surface area contributed by atoms with Crippen LogP contribution in [0, 0.1) is 0 Å². The lowest BCUT2D eigenvalue weighted by Gasteiger charge is -2.07. The number of ether oxygens (including phenoxy) is 1. The largest absolute Gasteiger partial charge is 0.499 e. The normalized spacial score (nSPS) is 12.2. The van der Waals surface area contributed by atoms with E-state index in [1.807, 2.05) is 0 Å². The van der Waals surface area contributed by atoms with Crippen molar-refractivity contribution in [2.75, 3.05) is 7.11 Å². The Morgan fingerprint density at radius 2 is 1.92 bits per heavy atom. The monoisotopic (exact) mass is 181 g/mol. The molecule has 1 N–H and O–H groups in total. The van der Waals surface area contributed by atoms with Crippen LogP contribution in [0.25, 0.3) is 5.70 Å². The van der Waals surface area contributed by atoms with Crippen LogP contribution in [0.2, 0.25) is 0 Å². The van der Waals surface area contributed by atoms with Crippen molar-refractivity contribution in [1.29, 1.82) is 0 Å². The Morgan fingerprint density at radius 1 is 1.38 bits per heavy atom. The summed E-state index contributed by atoms with van der Waals surface area (Å²) in [5.74, 6) is -0.626. The molecule has 0 atom stereocenters. The number of aromatic nitrogens is 1. The van der Waals surface area contributed by atoms with Crippen LogP contribution < -0.4 is 0 Å². The average Bonchev–Trinajstić information content (AvgIpc) is 2.56. The van der Waals surface area contributed by atoms with E-state index in [1.54, 1.807) is 31.5 Å². The minimum atomic E-state index is -1.00. The third kappa shape index (κ3) is 1.90. The molecule has 0 unspecified atom stereocenters. The molecule has 1 aromatic heterocycles. The van der Waals surface area contributed by atoms with Gasteiger partial charge in [0, 0.05) is 12.4 Å². The van der Waals surface area contributed by atoms with E-state index in [0.717, 1.165) is 0 Å². The lowest BCUT2D eigenvalue weighted by Crippen LogP contribution is -2.09. The van der Waals surface area contributed by atoms with E-state index in [4.69, 9.17) is 9.84 Å². The van der Waals surface area contributed by atoms with E-state index in [-0.39, 0.29) is 5.70 Å². The quantitative estimate of drug-likeness (QED) is 0.566. The molecular formula is C9H11NO3. The fraction of sp³-hybridized carbons (Fsp3) is 0.222. The van der Waals surface area contributed by atoms with Gasteiger partial charge in [-0.3, -0.25) is 0 Å². The minimum Gasteiger partial charge on any atom is -0.499 e. The Balaban J connectivity index is 3.15. The zero-order valence-electron chi connectivity index (χ0n) is 7.52. The van der Waals surface area contributed by atoms with Crippen molar-refractivity contribution in [3.05, 3.63) is 30.3 Å². The van der Waals surface area contributed by atoms with Crippen LogP contribution in [0.4, 0.5) is 0 Å². The fourth-order valence-corrected chi connectivity index (χ4v) is 1.02. The van der Waals surface area contributed by atoms with Gasteiger partial charge in [0.25, 0.3) is 0 Å². The summed E-state index contributed by atoms with van der Waals surface area (Å²) in [7, 11) is 1.45. The van der Waals surface area contributed by atoms with Crippen LogP contribution in [-0.4, -0.2) is 22.8 Å². The Morgan fingerprint density at radius 3 is 2.31 bits per heavy atom. The molecule has 1 heterocycles. The highest BCUT2D eigenvalue weighted by molar-refractivity contribution is 6.09. The SMILES string of the molecule is CO/C(C)=C(\C(=O)O)n1cccc1. The molecule has 0 bridgehead atoms. The zero-order valence-corrected chi connectivity index (χ0v) is 7.52. The lowest BCUT2D eigenvalue weighted by molar-refractivity contribution is -0.130. The smallest absolute Gasteiger partial charge is 0.356 e. The second kappa shape index (κ2) is 3.80. The van der Waals surface area contributed by atoms with Crippen molar-refractivity contribution in [1.82, 2.24) is 4.57 Å². The van der Waals surface area contributed by atoms with Gasteiger partial charge in [0.2, 0.25) is 0 Å². The van der Waals surface area contributed by atoms with Crippen molar-refractivity contribution in [2.45, 2.75) is 6.92 Å². The summed E-state index contributed by atoms with van der Waals surface area (Å²) in [6, 6.07) is 3.51. The van der Waals surface area contributed by atoms with Crippen LogP contribution in [-0.2, 0) is 9.53 Å². The van der Waals surface area contributed by atoms with E-state index in [0.29, 0.717) is 5.76 Å². The van der Waals surface area contributed by atoms with Crippen molar-refractivity contribution >= 4 is 11.7 Å². The van der Waals surface area contributed by atoms with Gasteiger partial charge < -0.3 is 14.4 Å². The highest BCUT2D eigenvalue weighted by atomic mass is 16.5. The molecule has 0 aliphatic carbocycles. The van der Waals surface area contributed by atoms with E-state index >= 15 is 0 Å². The third-order valence-electron chi connectivity index (χ3n) is 1.70. The molecule has 1 aromatic rings. The Labute approximate surface area is 76.1 Å². The second-order valence-electron chi connectivity index (χ2n) is 2.50. The number of allylic oxidation sites excluding steroid dienone is 1. The van der Waals surface area contributed by atoms with Gasteiger partial charge in [-0.05, 0) is 19.1 Å². The second-order valence-corrected chi connectivity index (χ2v) is 2.50. The van der Waals surface area contributed by atoms with Crippen molar-refractivity contribution in [2.24, 2.45) is 0 Å². The molecule has 70 valence electrons. The summed E-state index contributed by atoms with van der Waals surface area (Å²) in [5.41, 5.74) is 0.132.